The van der Waals surface area contributed by atoms with Crippen LogP contribution in [0.15, 0.2) is 24.3 Å². The number of amides is 1. The molecule has 1 aromatic carbocycles. The molecule has 114 valence electrons. The Morgan fingerprint density at radius 3 is 2.62 bits per heavy atom. The van der Waals surface area contributed by atoms with E-state index in [0.717, 1.165) is 37.9 Å². The van der Waals surface area contributed by atoms with E-state index in [1.54, 1.807) is 12.1 Å². The lowest BCUT2D eigenvalue weighted by Gasteiger charge is -2.27. The zero-order valence-electron chi connectivity index (χ0n) is 12.4. The summed E-state index contributed by atoms with van der Waals surface area (Å²) < 4.78 is 13.0. The summed E-state index contributed by atoms with van der Waals surface area (Å²) in [6.07, 6.45) is 5.17. The van der Waals surface area contributed by atoms with Crippen LogP contribution in [0.1, 0.15) is 37.7 Å². The molecule has 2 aliphatic rings. The number of hydrogen-bond donors (Lipinski definition) is 1. The third-order valence-electron chi connectivity index (χ3n) is 4.44. The van der Waals surface area contributed by atoms with E-state index in [-0.39, 0.29) is 11.7 Å². The maximum absolute atomic E-state index is 13.0. The first kappa shape index (κ1) is 14.5. The summed E-state index contributed by atoms with van der Waals surface area (Å²) in [4.78, 5) is 14.6. The van der Waals surface area contributed by atoms with Gasteiger partial charge in [0, 0.05) is 19.0 Å². The minimum absolute atomic E-state index is 0.226. The van der Waals surface area contributed by atoms with Gasteiger partial charge in [-0.3, -0.25) is 4.79 Å². The van der Waals surface area contributed by atoms with Gasteiger partial charge in [0.05, 0.1) is 0 Å². The average molecular weight is 290 g/mol. The molecule has 1 heterocycles. The number of nitrogens with zero attached hydrogens (tertiary/aromatic N) is 1. The fraction of sp³-hybridized carbons (Fsp3) is 0.588. The minimum atomic E-state index is -0.226. The van der Waals surface area contributed by atoms with Crippen LogP contribution in [0.4, 0.5) is 4.39 Å². The molecule has 1 aromatic rings. The molecule has 4 heteroatoms. The van der Waals surface area contributed by atoms with E-state index in [2.05, 4.69) is 5.32 Å². The van der Waals surface area contributed by atoms with E-state index in [1.165, 1.54) is 18.6 Å². The molecule has 21 heavy (non-hydrogen) atoms. The van der Waals surface area contributed by atoms with Crippen LogP contribution in [0, 0.1) is 11.7 Å². The number of piperidine rings is 1. The van der Waals surface area contributed by atoms with Crippen molar-refractivity contribution in [1.82, 2.24) is 10.2 Å². The van der Waals surface area contributed by atoms with E-state index in [1.807, 2.05) is 4.90 Å². The lowest BCUT2D eigenvalue weighted by atomic mass is 9.95. The van der Waals surface area contributed by atoms with Gasteiger partial charge in [0.25, 0.3) is 0 Å². The second-order valence-electron chi connectivity index (χ2n) is 6.30. The van der Waals surface area contributed by atoms with E-state index in [9.17, 15) is 9.18 Å². The monoisotopic (exact) mass is 290 g/mol. The van der Waals surface area contributed by atoms with Crippen molar-refractivity contribution in [2.75, 3.05) is 13.1 Å². The Hall–Kier alpha value is -1.42. The van der Waals surface area contributed by atoms with Gasteiger partial charge in [-0.25, -0.2) is 4.39 Å². The van der Waals surface area contributed by atoms with Gasteiger partial charge >= 0.3 is 0 Å². The lowest BCUT2D eigenvalue weighted by molar-refractivity contribution is -0.133. The van der Waals surface area contributed by atoms with Crippen molar-refractivity contribution in [3.63, 3.8) is 0 Å². The van der Waals surface area contributed by atoms with Gasteiger partial charge in [0.15, 0.2) is 0 Å². The highest BCUT2D eigenvalue weighted by atomic mass is 19.1. The second kappa shape index (κ2) is 6.56. The predicted molar refractivity (Wildman–Crippen MR) is 80.2 cm³/mol. The van der Waals surface area contributed by atoms with Crippen LogP contribution in [-0.2, 0) is 11.3 Å². The molecule has 1 amide bonds. The zero-order chi connectivity index (χ0) is 14.7. The van der Waals surface area contributed by atoms with Crippen molar-refractivity contribution in [3.8, 4) is 0 Å². The maximum Gasteiger partial charge on any atom is 0.223 e. The SMILES string of the molecule is O=C(CC1CCCNC1)N(Cc1ccc(F)cc1)C1CC1. The molecule has 1 saturated heterocycles. The van der Waals surface area contributed by atoms with Gasteiger partial charge < -0.3 is 10.2 Å². The van der Waals surface area contributed by atoms with Crippen LogP contribution < -0.4 is 5.32 Å². The van der Waals surface area contributed by atoms with Crippen LogP contribution in [-0.4, -0.2) is 29.9 Å². The minimum Gasteiger partial charge on any atom is -0.335 e. The number of rotatable bonds is 5. The van der Waals surface area contributed by atoms with E-state index < -0.39 is 0 Å². The molecule has 0 aromatic heterocycles. The molecular formula is C17H23FN2O. The molecule has 1 atom stereocenters. The van der Waals surface area contributed by atoms with E-state index in [0.29, 0.717) is 24.9 Å². The first-order valence-electron chi connectivity index (χ1n) is 7.97. The number of carbonyl (C=O) groups excluding carboxylic acids is 1. The number of carbonyl (C=O) groups is 1. The molecule has 2 fully saturated rings. The molecule has 0 spiro atoms. The third kappa shape index (κ3) is 4.03. The third-order valence-corrected chi connectivity index (χ3v) is 4.44. The topological polar surface area (TPSA) is 32.3 Å². The second-order valence-corrected chi connectivity index (χ2v) is 6.30. The highest BCUT2D eigenvalue weighted by Gasteiger charge is 2.33. The maximum atomic E-state index is 13.0. The van der Waals surface area contributed by atoms with Crippen molar-refractivity contribution in [3.05, 3.63) is 35.6 Å². The highest BCUT2D eigenvalue weighted by molar-refractivity contribution is 5.77. The normalized spacial score (nSPS) is 22.0. The Morgan fingerprint density at radius 2 is 2.00 bits per heavy atom. The average Bonchev–Trinajstić information content (AvgIpc) is 3.32. The fourth-order valence-corrected chi connectivity index (χ4v) is 3.06. The lowest BCUT2D eigenvalue weighted by Crippen LogP contribution is -2.37. The molecule has 1 N–H and O–H groups in total. The number of nitrogens with one attached hydrogen (secondary N) is 1. The highest BCUT2D eigenvalue weighted by Crippen LogP contribution is 2.30. The van der Waals surface area contributed by atoms with Gasteiger partial charge in [-0.05, 0) is 62.4 Å². The Labute approximate surface area is 125 Å². The first-order valence-corrected chi connectivity index (χ1v) is 7.97. The molecule has 3 nitrogen and oxygen atoms in total. The zero-order valence-corrected chi connectivity index (χ0v) is 12.4. The molecule has 0 radical (unpaired) electrons. The Bertz CT molecular complexity index is 478. The fourth-order valence-electron chi connectivity index (χ4n) is 3.06. The van der Waals surface area contributed by atoms with Crippen molar-refractivity contribution < 1.29 is 9.18 Å². The van der Waals surface area contributed by atoms with Gasteiger partial charge in [-0.15, -0.1) is 0 Å². The molecular weight excluding hydrogens is 267 g/mol. The summed E-state index contributed by atoms with van der Waals surface area (Å²) in [6.45, 7) is 2.65. The van der Waals surface area contributed by atoms with E-state index >= 15 is 0 Å². The number of halogens is 1. The van der Waals surface area contributed by atoms with Crippen LogP contribution in [0.25, 0.3) is 0 Å². The van der Waals surface area contributed by atoms with Crippen LogP contribution in [0.5, 0.6) is 0 Å². The molecule has 1 saturated carbocycles. The molecule has 3 rings (SSSR count). The van der Waals surface area contributed by atoms with E-state index in [4.69, 9.17) is 0 Å². The van der Waals surface area contributed by atoms with Gasteiger partial charge in [-0.1, -0.05) is 12.1 Å². The standard InChI is InChI=1S/C17H23FN2O/c18-15-5-3-13(4-6-15)12-20(16-7-8-16)17(21)10-14-2-1-9-19-11-14/h3-6,14,16,19H,1-2,7-12H2. The summed E-state index contributed by atoms with van der Waals surface area (Å²) in [5.41, 5.74) is 1.01. The van der Waals surface area contributed by atoms with Gasteiger partial charge in [-0.2, -0.15) is 0 Å². The Morgan fingerprint density at radius 1 is 1.24 bits per heavy atom. The quantitative estimate of drug-likeness (QED) is 0.904. The van der Waals surface area contributed by atoms with Gasteiger partial charge in [0.1, 0.15) is 5.82 Å². The van der Waals surface area contributed by atoms with Crippen molar-refractivity contribution in [2.24, 2.45) is 5.92 Å². The number of hydrogen-bond acceptors (Lipinski definition) is 2. The molecule has 1 aliphatic heterocycles. The summed E-state index contributed by atoms with van der Waals surface area (Å²) >= 11 is 0. The van der Waals surface area contributed by atoms with Crippen molar-refractivity contribution in [1.29, 1.82) is 0 Å². The largest absolute Gasteiger partial charge is 0.335 e. The Balaban J connectivity index is 1.60. The van der Waals surface area contributed by atoms with Gasteiger partial charge in [0.2, 0.25) is 5.91 Å². The predicted octanol–water partition coefficient (Wildman–Crippen LogP) is 2.71. The first-order chi connectivity index (χ1) is 10.2. The number of benzene rings is 1. The summed E-state index contributed by atoms with van der Waals surface area (Å²) in [5, 5.41) is 3.37. The summed E-state index contributed by atoms with van der Waals surface area (Å²) in [6, 6.07) is 6.89. The summed E-state index contributed by atoms with van der Waals surface area (Å²) in [5.74, 6) is 0.507. The molecule has 0 bridgehead atoms. The van der Waals surface area contributed by atoms with Crippen LogP contribution in [0.2, 0.25) is 0 Å². The van der Waals surface area contributed by atoms with Crippen molar-refractivity contribution in [2.45, 2.75) is 44.7 Å². The Kier molecular flexibility index (Phi) is 4.54. The van der Waals surface area contributed by atoms with Crippen LogP contribution >= 0.6 is 0 Å². The van der Waals surface area contributed by atoms with Crippen LogP contribution in [0.3, 0.4) is 0 Å². The molecule has 1 aliphatic carbocycles. The van der Waals surface area contributed by atoms with Crippen molar-refractivity contribution >= 4 is 5.91 Å². The smallest absolute Gasteiger partial charge is 0.223 e. The summed E-state index contributed by atoms with van der Waals surface area (Å²) in [7, 11) is 0. The molecule has 1 unspecified atom stereocenters.